The van der Waals surface area contributed by atoms with Crippen LogP contribution < -0.4 is 5.32 Å². The maximum absolute atomic E-state index is 6.13. The smallest absolute Gasteiger partial charge is 0.138 e. The molecular formula is C14H17ClN4. The van der Waals surface area contributed by atoms with E-state index in [0.717, 1.165) is 17.3 Å². The van der Waals surface area contributed by atoms with E-state index in [9.17, 15) is 0 Å². The van der Waals surface area contributed by atoms with Crippen LogP contribution in [-0.4, -0.2) is 15.2 Å². The number of hydrogen-bond donors (Lipinski definition) is 2. The van der Waals surface area contributed by atoms with Crippen molar-refractivity contribution in [1.29, 1.82) is 0 Å². The summed E-state index contributed by atoms with van der Waals surface area (Å²) in [6.07, 6.45) is 2.59. The van der Waals surface area contributed by atoms with Gasteiger partial charge in [0.15, 0.2) is 0 Å². The summed E-state index contributed by atoms with van der Waals surface area (Å²) >= 11 is 6.13. The second kappa shape index (κ2) is 4.62. The summed E-state index contributed by atoms with van der Waals surface area (Å²) in [5.41, 5.74) is 2.86. The first kappa shape index (κ1) is 12.6. The molecule has 0 radical (unpaired) electrons. The van der Waals surface area contributed by atoms with E-state index in [-0.39, 0.29) is 11.5 Å². The third-order valence-corrected chi connectivity index (χ3v) is 4.02. The molecule has 19 heavy (non-hydrogen) atoms. The van der Waals surface area contributed by atoms with Crippen LogP contribution in [0.25, 0.3) is 0 Å². The maximum Gasteiger partial charge on any atom is 0.138 e. The molecule has 0 fully saturated rings. The van der Waals surface area contributed by atoms with Gasteiger partial charge in [0.1, 0.15) is 12.2 Å². The van der Waals surface area contributed by atoms with Crippen molar-refractivity contribution in [2.24, 2.45) is 5.41 Å². The Morgan fingerprint density at radius 2 is 2.32 bits per heavy atom. The van der Waals surface area contributed by atoms with E-state index in [1.54, 1.807) is 0 Å². The predicted molar refractivity (Wildman–Crippen MR) is 74.9 cm³/mol. The molecule has 1 heterocycles. The highest BCUT2D eigenvalue weighted by molar-refractivity contribution is 6.30. The monoisotopic (exact) mass is 276 g/mol. The summed E-state index contributed by atoms with van der Waals surface area (Å²) in [4.78, 5) is 4.14. The molecule has 4 nitrogen and oxygen atoms in total. The van der Waals surface area contributed by atoms with E-state index in [2.05, 4.69) is 46.5 Å². The van der Waals surface area contributed by atoms with Crippen LogP contribution in [0.5, 0.6) is 0 Å². The molecule has 2 aromatic rings. The molecule has 2 N–H and O–H groups in total. The molecule has 100 valence electrons. The number of nitrogens with one attached hydrogen (secondary N) is 2. The number of rotatable bonds is 3. The molecule has 0 saturated heterocycles. The van der Waals surface area contributed by atoms with Crippen molar-refractivity contribution in [1.82, 2.24) is 20.5 Å². The second-order valence-corrected chi connectivity index (χ2v) is 6.19. The molecule has 0 bridgehead atoms. The minimum atomic E-state index is 0.174. The van der Waals surface area contributed by atoms with E-state index in [1.807, 2.05) is 6.07 Å². The molecule has 1 aliphatic rings. The molecule has 0 saturated carbocycles. The summed E-state index contributed by atoms with van der Waals surface area (Å²) in [5, 5.41) is 11.1. The first-order chi connectivity index (χ1) is 9.06. The fraction of sp³-hybridized carbons (Fsp3) is 0.429. The summed E-state index contributed by atoms with van der Waals surface area (Å²) in [7, 11) is 0. The first-order valence-electron chi connectivity index (χ1n) is 6.42. The largest absolute Gasteiger partial charge is 0.302 e. The SMILES string of the molecule is CC1(C)Cc2ccc(Cl)cc2C1NCc1ncn[nH]1. The number of aromatic amines is 1. The molecule has 1 atom stereocenters. The average Bonchev–Trinajstić information content (AvgIpc) is 2.92. The van der Waals surface area contributed by atoms with Gasteiger partial charge in [0.2, 0.25) is 0 Å². The fourth-order valence-electron chi connectivity index (χ4n) is 2.91. The molecule has 5 heteroatoms. The van der Waals surface area contributed by atoms with Crippen LogP contribution in [0, 0.1) is 5.41 Å². The van der Waals surface area contributed by atoms with Crippen molar-refractivity contribution in [3.05, 3.63) is 46.5 Å². The van der Waals surface area contributed by atoms with Crippen LogP contribution in [0.4, 0.5) is 0 Å². The number of halogens is 1. The normalized spacial score (nSPS) is 20.5. The lowest BCUT2D eigenvalue weighted by Gasteiger charge is -2.28. The summed E-state index contributed by atoms with van der Waals surface area (Å²) in [6, 6.07) is 6.46. The molecule has 3 rings (SSSR count). The van der Waals surface area contributed by atoms with E-state index < -0.39 is 0 Å². The zero-order valence-electron chi connectivity index (χ0n) is 11.1. The van der Waals surface area contributed by atoms with E-state index in [1.165, 1.54) is 17.5 Å². The summed E-state index contributed by atoms with van der Waals surface area (Å²) in [6.45, 7) is 5.23. The van der Waals surface area contributed by atoms with E-state index in [4.69, 9.17) is 11.6 Å². The summed E-state index contributed by atoms with van der Waals surface area (Å²) < 4.78 is 0. The topological polar surface area (TPSA) is 53.6 Å². The average molecular weight is 277 g/mol. The molecule has 0 spiro atoms. The van der Waals surface area contributed by atoms with Crippen molar-refractivity contribution in [3.8, 4) is 0 Å². The quantitative estimate of drug-likeness (QED) is 0.906. The van der Waals surface area contributed by atoms with Gasteiger partial charge in [-0.25, -0.2) is 4.98 Å². The van der Waals surface area contributed by atoms with Gasteiger partial charge in [-0.2, -0.15) is 5.10 Å². The molecule has 1 aromatic carbocycles. The second-order valence-electron chi connectivity index (χ2n) is 5.75. The van der Waals surface area contributed by atoms with Gasteiger partial charge < -0.3 is 5.32 Å². The zero-order chi connectivity index (χ0) is 13.5. The van der Waals surface area contributed by atoms with Gasteiger partial charge >= 0.3 is 0 Å². The van der Waals surface area contributed by atoms with Gasteiger partial charge in [0.25, 0.3) is 0 Å². The Morgan fingerprint density at radius 1 is 1.47 bits per heavy atom. The van der Waals surface area contributed by atoms with Gasteiger partial charge in [0, 0.05) is 11.1 Å². The number of fused-ring (bicyclic) bond motifs is 1. The van der Waals surface area contributed by atoms with Crippen molar-refractivity contribution < 1.29 is 0 Å². The lowest BCUT2D eigenvalue weighted by atomic mass is 9.85. The number of aromatic nitrogens is 3. The molecule has 1 aromatic heterocycles. The third kappa shape index (κ3) is 2.38. The van der Waals surface area contributed by atoms with Crippen LogP contribution in [0.1, 0.15) is 36.8 Å². The number of nitrogens with zero attached hydrogens (tertiary/aromatic N) is 2. The third-order valence-electron chi connectivity index (χ3n) is 3.79. The Bertz CT molecular complexity index is 577. The fourth-order valence-corrected chi connectivity index (χ4v) is 3.09. The predicted octanol–water partition coefficient (Wildman–Crippen LogP) is 2.87. The Kier molecular flexibility index (Phi) is 3.07. The highest BCUT2D eigenvalue weighted by atomic mass is 35.5. The highest BCUT2D eigenvalue weighted by Crippen LogP contribution is 2.45. The Balaban J connectivity index is 1.85. The van der Waals surface area contributed by atoms with E-state index in [0.29, 0.717) is 6.54 Å². The van der Waals surface area contributed by atoms with Crippen LogP contribution >= 0.6 is 11.6 Å². The molecule has 1 aliphatic carbocycles. The Morgan fingerprint density at radius 3 is 3.05 bits per heavy atom. The molecular weight excluding hydrogens is 260 g/mol. The Labute approximate surface area is 117 Å². The van der Waals surface area contributed by atoms with Crippen LogP contribution in [0.3, 0.4) is 0 Å². The lowest BCUT2D eigenvalue weighted by Crippen LogP contribution is -2.31. The van der Waals surface area contributed by atoms with Gasteiger partial charge in [-0.05, 0) is 35.1 Å². The van der Waals surface area contributed by atoms with Gasteiger partial charge in [-0.1, -0.05) is 31.5 Å². The van der Waals surface area contributed by atoms with Crippen LogP contribution in [-0.2, 0) is 13.0 Å². The van der Waals surface area contributed by atoms with Crippen molar-refractivity contribution in [3.63, 3.8) is 0 Å². The van der Waals surface area contributed by atoms with Crippen molar-refractivity contribution in [2.45, 2.75) is 32.9 Å². The number of H-pyrrole nitrogens is 1. The minimum absolute atomic E-state index is 0.174. The molecule has 1 unspecified atom stereocenters. The van der Waals surface area contributed by atoms with Crippen molar-refractivity contribution in [2.75, 3.05) is 0 Å². The maximum atomic E-state index is 6.13. The highest BCUT2D eigenvalue weighted by Gasteiger charge is 2.38. The zero-order valence-corrected chi connectivity index (χ0v) is 11.8. The van der Waals surface area contributed by atoms with Gasteiger partial charge in [-0.15, -0.1) is 0 Å². The minimum Gasteiger partial charge on any atom is -0.302 e. The molecule has 0 amide bonds. The van der Waals surface area contributed by atoms with Crippen molar-refractivity contribution >= 4 is 11.6 Å². The van der Waals surface area contributed by atoms with Gasteiger partial charge in [0.05, 0.1) is 6.54 Å². The first-order valence-corrected chi connectivity index (χ1v) is 6.80. The standard InChI is InChI=1S/C14H17ClN4/c1-14(2)6-9-3-4-10(15)5-11(9)13(14)16-7-12-17-8-18-19-12/h3-5,8,13,16H,6-7H2,1-2H3,(H,17,18,19). The van der Waals surface area contributed by atoms with Crippen LogP contribution in [0.2, 0.25) is 5.02 Å². The number of benzene rings is 1. The Hall–Kier alpha value is -1.39. The van der Waals surface area contributed by atoms with E-state index >= 15 is 0 Å². The summed E-state index contributed by atoms with van der Waals surface area (Å²) in [5.74, 6) is 0.853. The molecule has 0 aliphatic heterocycles. The number of hydrogen-bond acceptors (Lipinski definition) is 3. The van der Waals surface area contributed by atoms with Crippen LogP contribution in [0.15, 0.2) is 24.5 Å². The lowest BCUT2D eigenvalue weighted by molar-refractivity contribution is 0.266. The van der Waals surface area contributed by atoms with Gasteiger partial charge in [-0.3, -0.25) is 5.10 Å².